The first kappa shape index (κ1) is 24.7. The van der Waals surface area contributed by atoms with Gasteiger partial charge in [-0.1, -0.05) is 6.07 Å². The third-order valence-electron chi connectivity index (χ3n) is 6.05. The summed E-state index contributed by atoms with van der Waals surface area (Å²) in [6.45, 7) is 3.18. The van der Waals surface area contributed by atoms with Crippen molar-refractivity contribution in [2.24, 2.45) is 0 Å². The second-order valence-corrected chi connectivity index (χ2v) is 8.45. The molecule has 35 heavy (non-hydrogen) atoms. The lowest BCUT2D eigenvalue weighted by Gasteiger charge is -2.17. The molecule has 0 unspecified atom stereocenters. The van der Waals surface area contributed by atoms with Gasteiger partial charge >= 0.3 is 5.97 Å². The van der Waals surface area contributed by atoms with Crippen LogP contribution in [0.2, 0.25) is 0 Å². The van der Waals surface area contributed by atoms with Crippen molar-refractivity contribution in [3.05, 3.63) is 81.4 Å². The second-order valence-electron chi connectivity index (χ2n) is 8.45. The molecule has 0 fully saturated rings. The standard InChI is InChI=1S/C26H31N3O6/c1-32-18-21-8-7-20(35-21)17-28-11-9-22-25(26(31)33-2)23(15-24(30)29(22)13-12-28)34-14-4-6-19-5-3-10-27-16-19/h3,5,7-8,10,15-16H,4,6,9,11-14,17-18H2,1-2H3. The number of hydrogen-bond acceptors (Lipinski definition) is 8. The summed E-state index contributed by atoms with van der Waals surface area (Å²) >= 11 is 0. The predicted molar refractivity (Wildman–Crippen MR) is 128 cm³/mol. The van der Waals surface area contributed by atoms with Crippen LogP contribution in [-0.2, 0) is 42.0 Å². The first-order chi connectivity index (χ1) is 17.1. The van der Waals surface area contributed by atoms with Gasteiger partial charge in [-0.2, -0.15) is 0 Å². The smallest absolute Gasteiger partial charge is 0.343 e. The minimum absolute atomic E-state index is 0.183. The van der Waals surface area contributed by atoms with Gasteiger partial charge in [0.25, 0.3) is 5.56 Å². The zero-order valence-electron chi connectivity index (χ0n) is 20.2. The maximum absolute atomic E-state index is 13.0. The number of furan rings is 1. The largest absolute Gasteiger partial charge is 0.492 e. The Bertz CT molecular complexity index is 1190. The third kappa shape index (κ3) is 6.17. The Hall–Kier alpha value is -3.43. The summed E-state index contributed by atoms with van der Waals surface area (Å²) in [7, 11) is 2.97. The number of aromatic nitrogens is 2. The molecule has 3 aromatic heterocycles. The molecule has 4 heterocycles. The van der Waals surface area contributed by atoms with Crippen LogP contribution in [-0.4, -0.2) is 54.3 Å². The van der Waals surface area contributed by atoms with E-state index < -0.39 is 5.97 Å². The van der Waals surface area contributed by atoms with Crippen molar-refractivity contribution < 1.29 is 23.4 Å². The molecule has 9 heteroatoms. The predicted octanol–water partition coefficient (Wildman–Crippen LogP) is 2.84. The number of pyridine rings is 2. The van der Waals surface area contributed by atoms with Crippen LogP contribution in [0.1, 0.15) is 39.6 Å². The molecule has 0 atom stereocenters. The van der Waals surface area contributed by atoms with Crippen LogP contribution in [0.5, 0.6) is 5.75 Å². The molecule has 0 spiro atoms. The fraction of sp³-hybridized carbons (Fsp3) is 0.423. The van der Waals surface area contributed by atoms with Crippen molar-refractivity contribution >= 4 is 5.97 Å². The Morgan fingerprint density at radius 1 is 1.14 bits per heavy atom. The van der Waals surface area contributed by atoms with E-state index in [1.165, 1.54) is 13.2 Å². The van der Waals surface area contributed by atoms with E-state index in [2.05, 4.69) is 9.88 Å². The third-order valence-corrected chi connectivity index (χ3v) is 6.05. The van der Waals surface area contributed by atoms with Crippen LogP contribution >= 0.6 is 0 Å². The number of nitrogens with zero attached hydrogens (tertiary/aromatic N) is 3. The fourth-order valence-electron chi connectivity index (χ4n) is 4.34. The molecular formula is C26H31N3O6. The van der Waals surface area contributed by atoms with E-state index in [0.717, 1.165) is 29.9 Å². The molecule has 3 aromatic rings. The van der Waals surface area contributed by atoms with E-state index in [-0.39, 0.29) is 11.3 Å². The maximum Gasteiger partial charge on any atom is 0.343 e. The van der Waals surface area contributed by atoms with Crippen LogP contribution in [0.3, 0.4) is 0 Å². The summed E-state index contributed by atoms with van der Waals surface area (Å²) in [4.78, 5) is 32.0. The van der Waals surface area contributed by atoms with Crippen molar-refractivity contribution in [1.29, 1.82) is 0 Å². The number of aryl methyl sites for hydroxylation is 1. The fourth-order valence-corrected chi connectivity index (χ4v) is 4.34. The molecule has 186 valence electrons. The topological polar surface area (TPSA) is 96.0 Å². The molecule has 9 nitrogen and oxygen atoms in total. The minimum Gasteiger partial charge on any atom is -0.492 e. The van der Waals surface area contributed by atoms with Crippen LogP contribution in [0.15, 0.2) is 51.9 Å². The molecule has 0 N–H and O–H groups in total. The zero-order chi connectivity index (χ0) is 24.6. The van der Waals surface area contributed by atoms with Gasteiger partial charge in [0.05, 0.1) is 20.3 Å². The number of esters is 1. The minimum atomic E-state index is -0.500. The highest BCUT2D eigenvalue weighted by Crippen LogP contribution is 2.25. The summed E-state index contributed by atoms with van der Waals surface area (Å²) in [5.41, 5.74) is 1.90. The number of ether oxygens (including phenoxy) is 3. The van der Waals surface area contributed by atoms with E-state index in [1.807, 2.05) is 30.5 Å². The van der Waals surface area contributed by atoms with Crippen LogP contribution in [0.4, 0.5) is 0 Å². The molecule has 0 saturated carbocycles. The SMILES string of the molecule is COCc1ccc(CN2CCc3c(C(=O)OC)c(OCCCc4cccnc4)cc(=O)n3CC2)o1. The molecule has 1 aliphatic rings. The van der Waals surface area contributed by atoms with Crippen LogP contribution < -0.4 is 10.3 Å². The molecule has 1 aliphatic heterocycles. The monoisotopic (exact) mass is 481 g/mol. The lowest BCUT2D eigenvalue weighted by molar-refractivity contribution is 0.0593. The van der Waals surface area contributed by atoms with Crippen molar-refractivity contribution in [3.8, 4) is 5.75 Å². The molecule has 0 aromatic carbocycles. The van der Waals surface area contributed by atoms with Crippen molar-refractivity contribution in [3.63, 3.8) is 0 Å². The lowest BCUT2D eigenvalue weighted by Crippen LogP contribution is -2.29. The van der Waals surface area contributed by atoms with Gasteiger partial charge in [-0.15, -0.1) is 0 Å². The van der Waals surface area contributed by atoms with E-state index in [1.54, 1.807) is 17.9 Å². The molecule has 0 amide bonds. The molecule has 0 saturated heterocycles. The maximum atomic E-state index is 13.0. The summed E-state index contributed by atoms with van der Waals surface area (Å²) in [5.74, 6) is 1.39. The number of carbonyl (C=O) groups excluding carboxylic acids is 1. The van der Waals surface area contributed by atoms with Crippen molar-refractivity contribution in [2.75, 3.05) is 33.9 Å². The Labute approximate surface area is 204 Å². The van der Waals surface area contributed by atoms with E-state index in [0.29, 0.717) is 57.1 Å². The Morgan fingerprint density at radius 2 is 2.00 bits per heavy atom. The van der Waals surface area contributed by atoms with Gasteiger partial charge in [-0.25, -0.2) is 4.79 Å². The first-order valence-electron chi connectivity index (χ1n) is 11.7. The molecule has 0 bridgehead atoms. The van der Waals surface area contributed by atoms with Gasteiger partial charge in [-0.05, 0) is 36.6 Å². The van der Waals surface area contributed by atoms with Gasteiger partial charge in [0.1, 0.15) is 29.4 Å². The lowest BCUT2D eigenvalue weighted by atomic mass is 10.1. The number of carbonyl (C=O) groups is 1. The van der Waals surface area contributed by atoms with Gasteiger partial charge in [0.2, 0.25) is 0 Å². The average molecular weight is 482 g/mol. The first-order valence-corrected chi connectivity index (χ1v) is 11.7. The van der Waals surface area contributed by atoms with Crippen LogP contribution in [0, 0.1) is 0 Å². The Morgan fingerprint density at radius 3 is 2.77 bits per heavy atom. The summed E-state index contributed by atoms with van der Waals surface area (Å²) < 4.78 is 23.6. The number of hydrogen-bond donors (Lipinski definition) is 0. The number of rotatable bonds is 10. The van der Waals surface area contributed by atoms with Crippen molar-refractivity contribution in [2.45, 2.75) is 39.0 Å². The highest BCUT2D eigenvalue weighted by molar-refractivity contribution is 5.93. The summed E-state index contributed by atoms with van der Waals surface area (Å²) in [6.07, 6.45) is 5.59. The van der Waals surface area contributed by atoms with E-state index in [4.69, 9.17) is 18.6 Å². The number of methoxy groups -OCH3 is 2. The average Bonchev–Trinajstić information content (AvgIpc) is 3.20. The highest BCUT2D eigenvalue weighted by atomic mass is 16.5. The summed E-state index contributed by atoms with van der Waals surface area (Å²) in [6, 6.07) is 9.15. The molecule has 4 rings (SSSR count). The van der Waals surface area contributed by atoms with Gasteiger partial charge in [0.15, 0.2) is 0 Å². The molecule has 0 radical (unpaired) electrons. The van der Waals surface area contributed by atoms with Crippen LogP contribution in [0.25, 0.3) is 0 Å². The van der Waals surface area contributed by atoms with Gasteiger partial charge < -0.3 is 23.2 Å². The summed E-state index contributed by atoms with van der Waals surface area (Å²) in [5, 5.41) is 0. The zero-order valence-corrected chi connectivity index (χ0v) is 20.2. The van der Waals surface area contributed by atoms with Gasteiger partial charge in [-0.3, -0.25) is 14.7 Å². The second kappa shape index (κ2) is 11.8. The van der Waals surface area contributed by atoms with Crippen molar-refractivity contribution in [1.82, 2.24) is 14.5 Å². The van der Waals surface area contributed by atoms with Gasteiger partial charge in [0, 0.05) is 57.3 Å². The Kier molecular flexibility index (Phi) is 8.33. The molecular weight excluding hydrogens is 450 g/mol. The molecule has 0 aliphatic carbocycles. The number of fused-ring (bicyclic) bond motifs is 1. The van der Waals surface area contributed by atoms with E-state index >= 15 is 0 Å². The van der Waals surface area contributed by atoms with E-state index in [9.17, 15) is 9.59 Å². The Balaban J connectivity index is 1.48. The normalized spacial score (nSPS) is 13.8. The quantitative estimate of drug-likeness (QED) is 0.322. The highest BCUT2D eigenvalue weighted by Gasteiger charge is 2.26.